The first kappa shape index (κ1) is 10.6. The maximum Gasteiger partial charge on any atom is 0.223 e. The van der Waals surface area contributed by atoms with E-state index in [9.17, 15) is 4.79 Å². The smallest absolute Gasteiger partial charge is 0.223 e. The van der Waals surface area contributed by atoms with Crippen molar-refractivity contribution in [3.8, 4) is 10.6 Å². The highest BCUT2D eigenvalue weighted by Crippen LogP contribution is 2.26. The maximum absolute atomic E-state index is 10.8. The van der Waals surface area contributed by atoms with E-state index in [2.05, 4.69) is 15.5 Å². The molecule has 1 aromatic heterocycles. The number of carbonyl (C=O) groups is 1. The lowest BCUT2D eigenvalue weighted by molar-refractivity contribution is -0.114. The van der Waals surface area contributed by atoms with Crippen LogP contribution in [0.25, 0.3) is 10.6 Å². The van der Waals surface area contributed by atoms with Gasteiger partial charge in [0, 0.05) is 18.2 Å². The van der Waals surface area contributed by atoms with Crippen molar-refractivity contribution < 1.29 is 4.79 Å². The molecule has 0 fully saturated rings. The predicted octanol–water partition coefficient (Wildman–Crippen LogP) is 1.75. The van der Waals surface area contributed by atoms with Gasteiger partial charge in [0.1, 0.15) is 5.01 Å². The van der Waals surface area contributed by atoms with Gasteiger partial charge in [0.05, 0.1) is 0 Å². The Hall–Kier alpha value is -1.95. The summed E-state index contributed by atoms with van der Waals surface area (Å²) in [5, 5.41) is 11.7. The van der Waals surface area contributed by atoms with Crippen LogP contribution in [-0.2, 0) is 4.79 Å². The first-order valence-electron chi connectivity index (χ1n) is 4.62. The number of rotatable bonds is 2. The summed E-state index contributed by atoms with van der Waals surface area (Å²) >= 11 is 1.33. The van der Waals surface area contributed by atoms with Gasteiger partial charge < -0.3 is 11.1 Å². The van der Waals surface area contributed by atoms with E-state index >= 15 is 0 Å². The zero-order valence-corrected chi connectivity index (χ0v) is 9.41. The molecule has 5 nitrogen and oxygen atoms in total. The Morgan fingerprint density at radius 1 is 1.31 bits per heavy atom. The molecule has 0 bridgehead atoms. The van der Waals surface area contributed by atoms with Crippen LogP contribution in [0.5, 0.6) is 0 Å². The van der Waals surface area contributed by atoms with E-state index in [4.69, 9.17) is 5.73 Å². The molecule has 0 spiro atoms. The molecular formula is C10H10N4OS. The Labute approximate surface area is 96.3 Å². The number of amides is 1. The third-order valence-electron chi connectivity index (χ3n) is 1.87. The lowest BCUT2D eigenvalue weighted by atomic mass is 10.2. The van der Waals surface area contributed by atoms with Crippen LogP contribution in [-0.4, -0.2) is 16.1 Å². The number of benzene rings is 1. The molecule has 0 aliphatic rings. The lowest BCUT2D eigenvalue weighted by Crippen LogP contribution is -2.04. The normalized spacial score (nSPS) is 10.1. The summed E-state index contributed by atoms with van der Waals surface area (Å²) in [4.78, 5) is 10.8. The molecule has 0 atom stereocenters. The number of nitrogen functional groups attached to an aromatic ring is 1. The van der Waals surface area contributed by atoms with Crippen LogP contribution in [0.15, 0.2) is 24.3 Å². The fourth-order valence-electron chi connectivity index (χ4n) is 1.17. The van der Waals surface area contributed by atoms with Crippen molar-refractivity contribution in [2.75, 3.05) is 11.1 Å². The average molecular weight is 234 g/mol. The van der Waals surface area contributed by atoms with E-state index in [1.54, 1.807) is 12.1 Å². The largest absolute Gasteiger partial charge is 0.399 e. The molecular weight excluding hydrogens is 224 g/mol. The molecule has 1 heterocycles. The van der Waals surface area contributed by atoms with E-state index in [0.717, 1.165) is 10.6 Å². The summed E-state index contributed by atoms with van der Waals surface area (Å²) in [7, 11) is 0. The molecule has 2 rings (SSSR count). The molecule has 0 aliphatic heterocycles. The van der Waals surface area contributed by atoms with Gasteiger partial charge in [-0.3, -0.25) is 4.79 Å². The van der Waals surface area contributed by atoms with Gasteiger partial charge >= 0.3 is 0 Å². The van der Waals surface area contributed by atoms with Crippen molar-refractivity contribution in [1.29, 1.82) is 0 Å². The van der Waals surface area contributed by atoms with E-state index in [0.29, 0.717) is 10.8 Å². The summed E-state index contributed by atoms with van der Waals surface area (Å²) in [5.41, 5.74) is 7.22. The van der Waals surface area contributed by atoms with Crippen LogP contribution in [0.3, 0.4) is 0 Å². The van der Waals surface area contributed by atoms with Gasteiger partial charge in [-0.05, 0) is 24.3 Å². The van der Waals surface area contributed by atoms with Crippen molar-refractivity contribution in [3.05, 3.63) is 24.3 Å². The quantitative estimate of drug-likeness (QED) is 0.775. The average Bonchev–Trinajstić information content (AvgIpc) is 2.66. The second kappa shape index (κ2) is 4.28. The summed E-state index contributed by atoms with van der Waals surface area (Å²) in [6.45, 7) is 1.43. The first-order chi connectivity index (χ1) is 7.65. The molecule has 3 N–H and O–H groups in total. The van der Waals surface area contributed by atoms with Gasteiger partial charge in [-0.2, -0.15) is 0 Å². The fourth-order valence-corrected chi connectivity index (χ4v) is 1.96. The van der Waals surface area contributed by atoms with E-state index in [-0.39, 0.29) is 5.91 Å². The number of nitrogens with one attached hydrogen (secondary N) is 1. The zero-order valence-electron chi connectivity index (χ0n) is 8.60. The minimum atomic E-state index is -0.153. The molecule has 82 valence electrons. The van der Waals surface area contributed by atoms with Crippen LogP contribution < -0.4 is 11.1 Å². The Bertz CT molecular complexity index is 506. The molecule has 0 radical (unpaired) electrons. The molecule has 0 aliphatic carbocycles. The summed E-state index contributed by atoms with van der Waals surface area (Å²) < 4.78 is 0. The molecule has 6 heteroatoms. The Kier molecular flexibility index (Phi) is 2.82. The Morgan fingerprint density at radius 2 is 2.00 bits per heavy atom. The highest BCUT2D eigenvalue weighted by Gasteiger charge is 2.06. The Balaban J connectivity index is 2.24. The number of hydrogen-bond acceptors (Lipinski definition) is 5. The van der Waals surface area contributed by atoms with E-state index in [1.165, 1.54) is 18.3 Å². The van der Waals surface area contributed by atoms with Gasteiger partial charge in [0.25, 0.3) is 0 Å². The first-order valence-corrected chi connectivity index (χ1v) is 5.44. The van der Waals surface area contributed by atoms with Crippen LogP contribution in [0.2, 0.25) is 0 Å². The highest BCUT2D eigenvalue weighted by molar-refractivity contribution is 7.18. The summed E-state index contributed by atoms with van der Waals surface area (Å²) in [6, 6.07) is 7.34. The standard InChI is InChI=1S/C10H10N4OS/c1-6(15)12-10-14-13-9(16-10)7-2-4-8(11)5-3-7/h2-5H,11H2,1H3,(H,12,14,15). The number of nitrogens with zero attached hydrogens (tertiary/aromatic N) is 2. The van der Waals surface area contributed by atoms with Crippen molar-refractivity contribution in [2.24, 2.45) is 0 Å². The van der Waals surface area contributed by atoms with Crippen molar-refractivity contribution >= 4 is 28.1 Å². The van der Waals surface area contributed by atoms with Crippen molar-refractivity contribution in [3.63, 3.8) is 0 Å². The van der Waals surface area contributed by atoms with Gasteiger partial charge in [-0.15, -0.1) is 10.2 Å². The number of carbonyl (C=O) groups excluding carboxylic acids is 1. The van der Waals surface area contributed by atoms with Crippen LogP contribution in [0.1, 0.15) is 6.92 Å². The summed E-state index contributed by atoms with van der Waals surface area (Å²) in [5.74, 6) is -0.153. The monoisotopic (exact) mass is 234 g/mol. The van der Waals surface area contributed by atoms with Gasteiger partial charge in [0.2, 0.25) is 11.0 Å². The third kappa shape index (κ3) is 2.34. The third-order valence-corrected chi connectivity index (χ3v) is 2.75. The van der Waals surface area contributed by atoms with Crippen LogP contribution in [0.4, 0.5) is 10.8 Å². The molecule has 0 saturated heterocycles. The summed E-state index contributed by atoms with van der Waals surface area (Å²) in [6.07, 6.45) is 0. The van der Waals surface area contributed by atoms with E-state index < -0.39 is 0 Å². The van der Waals surface area contributed by atoms with Gasteiger partial charge in [-0.1, -0.05) is 11.3 Å². The SMILES string of the molecule is CC(=O)Nc1nnc(-c2ccc(N)cc2)s1. The molecule has 1 aromatic carbocycles. The molecule has 0 saturated carbocycles. The second-order valence-electron chi connectivity index (χ2n) is 3.22. The number of hydrogen-bond donors (Lipinski definition) is 2. The van der Waals surface area contributed by atoms with Crippen molar-refractivity contribution in [2.45, 2.75) is 6.92 Å². The maximum atomic E-state index is 10.8. The fraction of sp³-hybridized carbons (Fsp3) is 0.100. The van der Waals surface area contributed by atoms with E-state index in [1.807, 2.05) is 12.1 Å². The number of anilines is 2. The lowest BCUT2D eigenvalue weighted by Gasteiger charge is -1.95. The Morgan fingerprint density at radius 3 is 2.62 bits per heavy atom. The number of aromatic nitrogens is 2. The molecule has 1 amide bonds. The zero-order chi connectivity index (χ0) is 11.5. The second-order valence-corrected chi connectivity index (χ2v) is 4.19. The minimum Gasteiger partial charge on any atom is -0.399 e. The molecule has 16 heavy (non-hydrogen) atoms. The van der Waals surface area contributed by atoms with Gasteiger partial charge in [0.15, 0.2) is 0 Å². The van der Waals surface area contributed by atoms with Crippen LogP contribution >= 0.6 is 11.3 Å². The molecule has 0 unspecified atom stereocenters. The van der Waals surface area contributed by atoms with Crippen LogP contribution in [0, 0.1) is 0 Å². The van der Waals surface area contributed by atoms with Crippen molar-refractivity contribution in [1.82, 2.24) is 10.2 Å². The highest BCUT2D eigenvalue weighted by atomic mass is 32.1. The topological polar surface area (TPSA) is 80.9 Å². The number of nitrogens with two attached hydrogens (primary N) is 1. The minimum absolute atomic E-state index is 0.153. The van der Waals surface area contributed by atoms with Gasteiger partial charge in [-0.25, -0.2) is 0 Å². The molecule has 2 aromatic rings. The predicted molar refractivity (Wildman–Crippen MR) is 64.1 cm³/mol.